The maximum Gasteiger partial charge on any atom is 0.246 e. The maximum atomic E-state index is 12.4. The molecule has 2 aromatic rings. The lowest BCUT2D eigenvalue weighted by Crippen LogP contribution is -2.32. The number of carbonyl (C=O) groups excluding carboxylic acids is 1. The third kappa shape index (κ3) is 4.30. The summed E-state index contributed by atoms with van der Waals surface area (Å²) < 4.78 is 11.3. The molecule has 3 rings (SSSR count). The molecule has 2 N–H and O–H groups in total. The Morgan fingerprint density at radius 3 is 2.68 bits per heavy atom. The maximum absolute atomic E-state index is 12.4. The number of fused-ring (bicyclic) bond motifs is 1. The van der Waals surface area contributed by atoms with E-state index in [2.05, 4.69) is 10.6 Å². The van der Waals surface area contributed by atoms with Gasteiger partial charge in [0.25, 0.3) is 0 Å². The summed E-state index contributed by atoms with van der Waals surface area (Å²) in [4.78, 5) is 12.4. The number of benzene rings is 2. The number of amides is 1. The Morgan fingerprint density at radius 1 is 1.12 bits per heavy atom. The van der Waals surface area contributed by atoms with Crippen molar-refractivity contribution in [1.29, 1.82) is 0 Å². The molecule has 0 fully saturated rings. The first-order chi connectivity index (χ1) is 12.0. The van der Waals surface area contributed by atoms with Crippen LogP contribution in [0.15, 0.2) is 36.4 Å². The quantitative estimate of drug-likeness (QED) is 0.813. The highest BCUT2D eigenvalue weighted by atomic mass is 35.5. The lowest BCUT2D eigenvalue weighted by Gasteiger charge is -2.17. The van der Waals surface area contributed by atoms with Crippen LogP contribution in [0.25, 0.3) is 0 Å². The van der Waals surface area contributed by atoms with Crippen LogP contribution in [-0.4, -0.2) is 25.2 Å². The SMILES string of the molecule is CC(Nc1ccc2c(c1)OCCCO2)C(=O)Nc1cccc(Cl)c1Cl. The number of anilines is 2. The first kappa shape index (κ1) is 17.7. The van der Waals surface area contributed by atoms with E-state index < -0.39 is 6.04 Å². The predicted molar refractivity (Wildman–Crippen MR) is 100 cm³/mol. The fraction of sp³-hybridized carbons (Fsp3) is 0.278. The molecule has 132 valence electrons. The van der Waals surface area contributed by atoms with Crippen molar-refractivity contribution in [3.63, 3.8) is 0 Å². The molecular weight excluding hydrogens is 363 g/mol. The van der Waals surface area contributed by atoms with E-state index in [0.717, 1.165) is 12.1 Å². The molecule has 5 nitrogen and oxygen atoms in total. The van der Waals surface area contributed by atoms with Crippen molar-refractivity contribution in [3.05, 3.63) is 46.4 Å². The number of carbonyl (C=O) groups is 1. The molecule has 1 unspecified atom stereocenters. The third-order valence-electron chi connectivity index (χ3n) is 3.73. The smallest absolute Gasteiger partial charge is 0.246 e. The minimum atomic E-state index is -0.486. The highest BCUT2D eigenvalue weighted by Gasteiger charge is 2.17. The molecule has 1 aliphatic rings. The molecule has 2 aromatic carbocycles. The van der Waals surface area contributed by atoms with Gasteiger partial charge >= 0.3 is 0 Å². The molecular formula is C18H18Cl2N2O3. The minimum absolute atomic E-state index is 0.226. The molecule has 0 saturated heterocycles. The summed E-state index contributed by atoms with van der Waals surface area (Å²) in [6, 6.07) is 10.1. The predicted octanol–water partition coefficient (Wildman–Crippen LogP) is 4.59. The van der Waals surface area contributed by atoms with Gasteiger partial charge in [-0.05, 0) is 31.2 Å². The zero-order chi connectivity index (χ0) is 17.8. The van der Waals surface area contributed by atoms with Crippen LogP contribution < -0.4 is 20.1 Å². The first-order valence-electron chi connectivity index (χ1n) is 7.95. The van der Waals surface area contributed by atoms with Crippen LogP contribution in [0.3, 0.4) is 0 Å². The fourth-order valence-electron chi connectivity index (χ4n) is 2.41. The molecule has 1 aliphatic heterocycles. The Bertz CT molecular complexity index is 783. The second-order valence-corrected chi connectivity index (χ2v) is 6.45. The van der Waals surface area contributed by atoms with E-state index in [-0.39, 0.29) is 5.91 Å². The lowest BCUT2D eigenvalue weighted by molar-refractivity contribution is -0.116. The summed E-state index contributed by atoms with van der Waals surface area (Å²) in [6.07, 6.45) is 0.844. The zero-order valence-corrected chi connectivity index (χ0v) is 15.2. The first-order valence-corrected chi connectivity index (χ1v) is 8.71. The Morgan fingerprint density at radius 2 is 1.88 bits per heavy atom. The Labute approximate surface area is 156 Å². The number of rotatable bonds is 4. The van der Waals surface area contributed by atoms with Crippen molar-refractivity contribution >= 4 is 40.5 Å². The van der Waals surface area contributed by atoms with Crippen molar-refractivity contribution in [2.24, 2.45) is 0 Å². The second-order valence-electron chi connectivity index (χ2n) is 5.67. The summed E-state index contributed by atoms with van der Waals surface area (Å²) in [5.41, 5.74) is 1.25. The average molecular weight is 381 g/mol. The van der Waals surface area contributed by atoms with E-state index in [1.165, 1.54) is 0 Å². The second kappa shape index (κ2) is 7.85. The molecule has 0 aromatic heterocycles. The van der Waals surface area contributed by atoms with E-state index in [1.54, 1.807) is 25.1 Å². The van der Waals surface area contributed by atoms with Crippen LogP contribution in [0.5, 0.6) is 11.5 Å². The van der Waals surface area contributed by atoms with Crippen molar-refractivity contribution in [2.75, 3.05) is 23.8 Å². The molecule has 1 heterocycles. The van der Waals surface area contributed by atoms with Crippen molar-refractivity contribution < 1.29 is 14.3 Å². The molecule has 0 spiro atoms. The Kier molecular flexibility index (Phi) is 5.56. The Balaban J connectivity index is 1.67. The molecule has 0 saturated carbocycles. The van der Waals surface area contributed by atoms with Gasteiger partial charge in [-0.15, -0.1) is 0 Å². The van der Waals surface area contributed by atoms with Gasteiger partial charge < -0.3 is 20.1 Å². The van der Waals surface area contributed by atoms with Gasteiger partial charge in [-0.2, -0.15) is 0 Å². The van der Waals surface area contributed by atoms with E-state index in [9.17, 15) is 4.79 Å². The van der Waals surface area contributed by atoms with Gasteiger partial charge in [-0.1, -0.05) is 29.3 Å². The number of nitrogens with one attached hydrogen (secondary N) is 2. The van der Waals surface area contributed by atoms with Gasteiger partial charge in [0.1, 0.15) is 6.04 Å². The van der Waals surface area contributed by atoms with Crippen molar-refractivity contribution in [3.8, 4) is 11.5 Å². The minimum Gasteiger partial charge on any atom is -0.490 e. The largest absolute Gasteiger partial charge is 0.490 e. The van der Waals surface area contributed by atoms with E-state index in [4.69, 9.17) is 32.7 Å². The summed E-state index contributed by atoms with van der Waals surface area (Å²) in [5, 5.41) is 6.62. The van der Waals surface area contributed by atoms with Crippen molar-refractivity contribution in [1.82, 2.24) is 0 Å². The highest BCUT2D eigenvalue weighted by molar-refractivity contribution is 6.44. The monoisotopic (exact) mass is 380 g/mol. The summed E-state index contributed by atoms with van der Waals surface area (Å²) in [7, 11) is 0. The Hall–Kier alpha value is -2.11. The number of halogens is 2. The zero-order valence-electron chi connectivity index (χ0n) is 13.6. The van der Waals surface area contributed by atoms with Crippen LogP contribution in [0, 0.1) is 0 Å². The average Bonchev–Trinajstić information content (AvgIpc) is 2.83. The number of hydrogen-bond donors (Lipinski definition) is 2. The molecule has 25 heavy (non-hydrogen) atoms. The van der Waals surface area contributed by atoms with Gasteiger partial charge in [0.15, 0.2) is 11.5 Å². The van der Waals surface area contributed by atoms with Crippen LogP contribution in [0.4, 0.5) is 11.4 Å². The van der Waals surface area contributed by atoms with Crippen LogP contribution in [0.1, 0.15) is 13.3 Å². The van der Waals surface area contributed by atoms with E-state index in [0.29, 0.717) is 40.4 Å². The van der Waals surface area contributed by atoms with Gasteiger partial charge in [0.05, 0.1) is 28.9 Å². The van der Waals surface area contributed by atoms with Gasteiger partial charge in [0.2, 0.25) is 5.91 Å². The van der Waals surface area contributed by atoms with E-state index >= 15 is 0 Å². The van der Waals surface area contributed by atoms with Crippen LogP contribution in [-0.2, 0) is 4.79 Å². The molecule has 1 amide bonds. The van der Waals surface area contributed by atoms with Gasteiger partial charge in [0, 0.05) is 18.2 Å². The summed E-state index contributed by atoms with van der Waals surface area (Å²) >= 11 is 12.1. The standard InChI is InChI=1S/C18H18Cl2N2O3/c1-11(18(23)22-14-5-2-4-13(19)17(14)20)21-12-6-7-15-16(10-12)25-9-3-8-24-15/h2,4-7,10-11,21H,3,8-9H2,1H3,(H,22,23). The van der Waals surface area contributed by atoms with Gasteiger partial charge in [-0.3, -0.25) is 4.79 Å². The van der Waals surface area contributed by atoms with E-state index in [1.807, 2.05) is 18.2 Å². The molecule has 0 radical (unpaired) electrons. The normalized spacial score (nSPS) is 14.4. The topological polar surface area (TPSA) is 59.6 Å². The third-order valence-corrected chi connectivity index (χ3v) is 4.55. The van der Waals surface area contributed by atoms with Crippen LogP contribution >= 0.6 is 23.2 Å². The number of hydrogen-bond acceptors (Lipinski definition) is 4. The molecule has 7 heteroatoms. The molecule has 0 bridgehead atoms. The van der Waals surface area contributed by atoms with Crippen LogP contribution in [0.2, 0.25) is 10.0 Å². The summed E-state index contributed by atoms with van der Waals surface area (Å²) in [6.45, 7) is 3.01. The van der Waals surface area contributed by atoms with Gasteiger partial charge in [-0.25, -0.2) is 0 Å². The van der Waals surface area contributed by atoms with Crippen molar-refractivity contribution in [2.45, 2.75) is 19.4 Å². The number of ether oxygens (including phenoxy) is 2. The lowest BCUT2D eigenvalue weighted by atomic mass is 10.2. The molecule has 1 atom stereocenters. The molecule has 0 aliphatic carbocycles. The summed E-state index contributed by atoms with van der Waals surface area (Å²) in [5.74, 6) is 1.16. The highest BCUT2D eigenvalue weighted by Crippen LogP contribution is 2.33. The fourth-order valence-corrected chi connectivity index (χ4v) is 2.76.